The Morgan fingerprint density at radius 3 is 2.80 bits per heavy atom. The molecular formula is C33H49N3O4. The minimum atomic E-state index is -0.305. The minimum Gasteiger partial charge on any atom is -0.489 e. The monoisotopic (exact) mass is 551 g/mol. The largest absolute Gasteiger partial charge is 0.489 e. The van der Waals surface area contributed by atoms with E-state index >= 15 is 0 Å². The smallest absolute Gasteiger partial charge is 0.243 e. The van der Waals surface area contributed by atoms with Crippen molar-refractivity contribution in [3.8, 4) is 5.75 Å². The van der Waals surface area contributed by atoms with Crippen LogP contribution in [0.5, 0.6) is 5.75 Å². The van der Waals surface area contributed by atoms with Gasteiger partial charge in [-0.3, -0.25) is 4.79 Å². The second kappa shape index (κ2) is 17.4. The zero-order chi connectivity index (χ0) is 27.8. The Bertz CT molecular complexity index is 1050. The molecule has 0 saturated carbocycles. The summed E-state index contributed by atoms with van der Waals surface area (Å²) in [5.41, 5.74) is 3.81. The van der Waals surface area contributed by atoms with Gasteiger partial charge >= 0.3 is 0 Å². The van der Waals surface area contributed by atoms with E-state index in [0.29, 0.717) is 25.7 Å². The molecule has 0 aliphatic carbocycles. The third kappa shape index (κ3) is 10.5. The van der Waals surface area contributed by atoms with Crippen molar-refractivity contribution in [2.45, 2.75) is 89.9 Å². The van der Waals surface area contributed by atoms with Crippen molar-refractivity contribution in [3.63, 3.8) is 0 Å². The predicted molar refractivity (Wildman–Crippen MR) is 161 cm³/mol. The molecule has 220 valence electrons. The fourth-order valence-electron chi connectivity index (χ4n) is 5.54. The molecule has 2 aromatic rings. The number of benzene rings is 2. The molecule has 2 unspecified atom stereocenters. The molecule has 2 heterocycles. The molecule has 2 atom stereocenters. The van der Waals surface area contributed by atoms with E-state index in [-0.39, 0.29) is 12.2 Å². The summed E-state index contributed by atoms with van der Waals surface area (Å²) >= 11 is 0. The van der Waals surface area contributed by atoms with Gasteiger partial charge in [0, 0.05) is 37.4 Å². The minimum absolute atomic E-state index is 0.0812. The summed E-state index contributed by atoms with van der Waals surface area (Å²) < 4.78 is 11.8. The maximum Gasteiger partial charge on any atom is 0.243 e. The molecule has 7 heteroatoms. The Kier molecular flexibility index (Phi) is 13.3. The molecular weight excluding hydrogens is 502 g/mol. The molecule has 0 bridgehead atoms. The van der Waals surface area contributed by atoms with E-state index < -0.39 is 0 Å². The first-order valence-electron chi connectivity index (χ1n) is 15.5. The number of hydrogen-bond donors (Lipinski definition) is 2. The van der Waals surface area contributed by atoms with Crippen molar-refractivity contribution < 1.29 is 19.1 Å². The normalized spacial score (nSPS) is 20.5. The number of carbonyl (C=O) groups is 1. The molecule has 2 fully saturated rings. The summed E-state index contributed by atoms with van der Waals surface area (Å²) in [7, 11) is 0. The van der Waals surface area contributed by atoms with Gasteiger partial charge in [0.2, 0.25) is 5.91 Å². The maximum atomic E-state index is 12.1. The first-order chi connectivity index (χ1) is 19.7. The van der Waals surface area contributed by atoms with Gasteiger partial charge in [-0.25, -0.2) is 10.3 Å². The molecule has 2 saturated heterocycles. The predicted octanol–water partition coefficient (Wildman–Crippen LogP) is 6.13. The van der Waals surface area contributed by atoms with Crippen molar-refractivity contribution >= 4 is 16.7 Å². The van der Waals surface area contributed by atoms with E-state index in [9.17, 15) is 4.79 Å². The Morgan fingerprint density at radius 1 is 1.05 bits per heavy atom. The molecule has 40 heavy (non-hydrogen) atoms. The molecule has 2 aromatic carbocycles. The van der Waals surface area contributed by atoms with Crippen molar-refractivity contribution in [1.29, 1.82) is 0 Å². The van der Waals surface area contributed by atoms with Crippen LogP contribution in [0, 0.1) is 0 Å². The van der Waals surface area contributed by atoms with Crippen LogP contribution in [-0.2, 0) is 14.4 Å². The first kappa shape index (κ1) is 30.5. The average Bonchev–Trinajstić information content (AvgIpc) is 2.99. The second-order valence-electron chi connectivity index (χ2n) is 11.2. The van der Waals surface area contributed by atoms with Crippen molar-refractivity contribution in [2.24, 2.45) is 0 Å². The van der Waals surface area contributed by atoms with Gasteiger partial charge in [-0.05, 0) is 95.0 Å². The molecule has 1 amide bonds. The number of fused-ring (bicyclic) bond motifs is 1. The Balaban J connectivity index is 1.20. The zero-order valence-electron chi connectivity index (χ0n) is 24.4. The van der Waals surface area contributed by atoms with Gasteiger partial charge in [-0.2, -0.15) is 0 Å². The highest BCUT2D eigenvalue weighted by atomic mass is 16.8. The van der Waals surface area contributed by atoms with Gasteiger partial charge in [0.05, 0.1) is 0 Å². The van der Waals surface area contributed by atoms with E-state index in [1.54, 1.807) is 0 Å². The zero-order valence-corrected chi connectivity index (χ0v) is 24.4. The van der Waals surface area contributed by atoms with Crippen molar-refractivity contribution in [2.75, 3.05) is 39.4 Å². The lowest BCUT2D eigenvalue weighted by molar-refractivity contribution is -0.200. The van der Waals surface area contributed by atoms with E-state index in [0.717, 1.165) is 69.2 Å². The summed E-state index contributed by atoms with van der Waals surface area (Å²) in [6.45, 7) is 7.84. The second-order valence-corrected chi connectivity index (χ2v) is 11.2. The van der Waals surface area contributed by atoms with Gasteiger partial charge in [-0.1, -0.05) is 48.9 Å². The summed E-state index contributed by atoms with van der Waals surface area (Å²) in [5.74, 6) is 0.837. The lowest BCUT2D eigenvalue weighted by atomic mass is 10.0. The Morgan fingerprint density at radius 2 is 1.93 bits per heavy atom. The first-order valence-corrected chi connectivity index (χ1v) is 15.5. The number of carbonyl (C=O) groups excluding carboxylic acids is 1. The van der Waals surface area contributed by atoms with Crippen LogP contribution in [0.3, 0.4) is 0 Å². The van der Waals surface area contributed by atoms with Crippen LogP contribution in [-0.4, -0.2) is 62.5 Å². The average molecular weight is 552 g/mol. The highest BCUT2D eigenvalue weighted by molar-refractivity contribution is 5.88. The fraction of sp³-hybridized carbons (Fsp3) is 0.606. The SMILES string of the molecule is CC1CCCCN1CCCNC/C(=C\CCCCC(=O)NOC1CCCCO1)COc1cccc2ccccc12. The maximum absolute atomic E-state index is 12.1. The number of nitrogens with zero attached hydrogens (tertiary/aromatic N) is 1. The van der Waals surface area contributed by atoms with Crippen LogP contribution in [0.1, 0.15) is 77.6 Å². The van der Waals surface area contributed by atoms with E-state index in [1.807, 2.05) is 6.07 Å². The van der Waals surface area contributed by atoms with Crippen LogP contribution < -0.4 is 15.5 Å². The number of allylic oxidation sites excluding steroid dienone is 1. The summed E-state index contributed by atoms with van der Waals surface area (Å²) in [6.07, 6.45) is 13.3. The third-order valence-electron chi connectivity index (χ3n) is 7.99. The highest BCUT2D eigenvalue weighted by Crippen LogP contribution is 2.25. The molecule has 7 nitrogen and oxygen atoms in total. The molecule has 2 aliphatic rings. The van der Waals surface area contributed by atoms with Crippen LogP contribution in [0.4, 0.5) is 0 Å². The van der Waals surface area contributed by atoms with Gasteiger partial charge in [0.15, 0.2) is 6.29 Å². The van der Waals surface area contributed by atoms with Crippen molar-refractivity contribution in [3.05, 3.63) is 54.1 Å². The summed E-state index contributed by atoms with van der Waals surface area (Å²) in [6, 6.07) is 15.3. The number of amides is 1. The molecule has 0 radical (unpaired) electrons. The van der Waals surface area contributed by atoms with Crippen molar-refractivity contribution in [1.82, 2.24) is 15.7 Å². The number of hydroxylamine groups is 1. The van der Waals surface area contributed by atoms with Gasteiger partial charge in [-0.15, -0.1) is 0 Å². The number of piperidine rings is 1. The molecule has 0 spiro atoms. The molecule has 0 aromatic heterocycles. The standard InChI is InChI=1S/C33H49N3O4/c1-27-13-7-9-22-36(27)23-12-21-34-25-28(26-39-31-18-11-16-29-15-5-6-17-30(29)31)14-3-2-4-19-32(37)35-40-33-20-8-10-24-38-33/h5-6,11,14-18,27,33-34H,2-4,7-10,12-13,19-26H2,1H3,(H,35,37)/b28-14+. The number of rotatable bonds is 16. The fourth-order valence-corrected chi connectivity index (χ4v) is 5.54. The van der Waals surface area contributed by atoms with Gasteiger partial charge in [0.1, 0.15) is 12.4 Å². The number of hydrogen-bond acceptors (Lipinski definition) is 6. The van der Waals surface area contributed by atoms with Gasteiger partial charge in [0.25, 0.3) is 0 Å². The van der Waals surface area contributed by atoms with E-state index in [1.165, 1.54) is 43.3 Å². The lowest BCUT2D eigenvalue weighted by Crippen LogP contribution is -2.39. The Hall–Kier alpha value is -2.45. The topological polar surface area (TPSA) is 72.1 Å². The van der Waals surface area contributed by atoms with Crippen LogP contribution in [0.15, 0.2) is 54.1 Å². The molecule has 2 aliphatic heterocycles. The highest BCUT2D eigenvalue weighted by Gasteiger charge is 2.17. The number of unbranched alkanes of at least 4 members (excludes halogenated alkanes) is 2. The third-order valence-corrected chi connectivity index (χ3v) is 7.99. The Labute approximate surface area is 240 Å². The number of likely N-dealkylation sites (tertiary alicyclic amines) is 1. The quantitative estimate of drug-likeness (QED) is 0.148. The van der Waals surface area contributed by atoms with E-state index in [2.05, 4.69) is 65.1 Å². The number of ether oxygens (including phenoxy) is 2. The summed E-state index contributed by atoms with van der Waals surface area (Å²) in [4.78, 5) is 20.2. The van der Waals surface area contributed by atoms with Gasteiger partial charge < -0.3 is 19.7 Å². The van der Waals surface area contributed by atoms with E-state index in [4.69, 9.17) is 14.3 Å². The molecule has 2 N–H and O–H groups in total. The summed E-state index contributed by atoms with van der Waals surface area (Å²) in [5, 5.41) is 5.98. The molecule has 4 rings (SSSR count). The lowest BCUT2D eigenvalue weighted by Gasteiger charge is -2.33. The van der Waals surface area contributed by atoms with Crippen LogP contribution in [0.25, 0.3) is 10.8 Å². The van der Waals surface area contributed by atoms with Crippen LogP contribution in [0.2, 0.25) is 0 Å². The van der Waals surface area contributed by atoms with Crippen LogP contribution >= 0.6 is 0 Å². The number of nitrogens with one attached hydrogen (secondary N) is 2.